The van der Waals surface area contributed by atoms with Gasteiger partial charge in [-0.05, 0) is 6.26 Å². The van der Waals surface area contributed by atoms with Crippen LogP contribution in [0.25, 0.3) is 0 Å². The smallest absolute Gasteiger partial charge is 0.0107 e. The van der Waals surface area contributed by atoms with Crippen LogP contribution >= 0.6 is 10.5 Å². The molecule has 0 aliphatic heterocycles. The number of nitrogens with zero attached hydrogens (tertiary/aromatic N) is 1. The summed E-state index contributed by atoms with van der Waals surface area (Å²) >= 11 is 0. The molecule has 0 bridgehead atoms. The zero-order valence-corrected chi connectivity index (χ0v) is 5.37. The van der Waals surface area contributed by atoms with Gasteiger partial charge in [-0.25, -0.2) is 4.61 Å². The van der Waals surface area contributed by atoms with E-state index in [1.807, 2.05) is 20.1 Å². The van der Waals surface area contributed by atoms with Gasteiger partial charge in [0.25, 0.3) is 0 Å². The van der Waals surface area contributed by atoms with Crippen molar-refractivity contribution >= 4 is 10.5 Å². The molecule has 0 heterocycles. The fourth-order valence-corrected chi connectivity index (χ4v) is 0. The van der Waals surface area contributed by atoms with Crippen LogP contribution in [-0.4, -0.2) is 11.5 Å². The third-order valence-electron chi connectivity index (χ3n) is 0.747. The van der Waals surface area contributed by atoms with Gasteiger partial charge in [0.1, 0.15) is 0 Å². The molecule has 1 atom stereocenters. The molecule has 0 saturated heterocycles. The van der Waals surface area contributed by atoms with Gasteiger partial charge in [0.05, 0.1) is 0 Å². The Labute approximate surface area is 41.3 Å². The molecule has 0 rings (SSSR count). The zero-order chi connectivity index (χ0) is 5.15. The van der Waals surface area contributed by atoms with Crippen LogP contribution in [0.4, 0.5) is 0 Å². The first-order chi connectivity index (χ1) is 2.64. The minimum Gasteiger partial charge on any atom is -0.234 e. The maximum absolute atomic E-state index is 8.69. The van der Waals surface area contributed by atoms with E-state index in [1.165, 1.54) is 0 Å². The summed E-state index contributed by atoms with van der Waals surface area (Å²) in [6.45, 7) is 4.04. The van der Waals surface area contributed by atoms with E-state index in [2.05, 4.69) is 0 Å². The van der Waals surface area contributed by atoms with Gasteiger partial charge in [-0.3, -0.25) is 0 Å². The molecule has 38 valence electrons. The van der Waals surface area contributed by atoms with Gasteiger partial charge in [0, 0.05) is 5.25 Å². The average Bonchev–Trinajstić information content (AvgIpc) is 1.36. The summed E-state index contributed by atoms with van der Waals surface area (Å²) in [7, 11) is -0.659. The van der Waals surface area contributed by atoms with Crippen LogP contribution in [0.5, 0.6) is 0 Å². The van der Waals surface area contributed by atoms with Gasteiger partial charge in [-0.1, -0.05) is 24.4 Å². The van der Waals surface area contributed by atoms with E-state index in [0.717, 1.165) is 0 Å². The fourth-order valence-electron chi connectivity index (χ4n) is 0. The molecule has 0 N–H and O–H groups in total. The lowest BCUT2D eigenvalue weighted by Crippen LogP contribution is -1.82. The average molecular weight is 105 g/mol. The van der Waals surface area contributed by atoms with Crippen LogP contribution in [0.15, 0.2) is 0 Å². The zero-order valence-electron chi connectivity index (χ0n) is 4.47. The highest BCUT2D eigenvalue weighted by atomic mass is 32.2. The summed E-state index contributed by atoms with van der Waals surface area (Å²) < 4.78 is 8.69. The Kier molecular flexibility index (Phi) is 2.29. The van der Waals surface area contributed by atoms with Crippen LogP contribution in [-0.2, 0) is 0 Å². The normalized spacial score (nSPS) is 15.2. The minimum absolute atomic E-state index is 0.472. The maximum atomic E-state index is 8.69. The first-order valence-electron chi connectivity index (χ1n) is 2.06. The third kappa shape index (κ3) is 2.31. The number of thiol groups is 1. The van der Waals surface area contributed by atoms with E-state index in [9.17, 15) is 0 Å². The predicted octanol–water partition coefficient (Wildman–Crippen LogP) is 1.51. The molecule has 2 heteroatoms. The summed E-state index contributed by atoms with van der Waals surface area (Å²) in [5.74, 6) is 0. The highest BCUT2D eigenvalue weighted by molar-refractivity contribution is 8.04. The van der Waals surface area contributed by atoms with Gasteiger partial charge in [0.2, 0.25) is 0 Å². The summed E-state index contributed by atoms with van der Waals surface area (Å²) in [4.78, 5) is 0. The third-order valence-corrected chi connectivity index (χ3v) is 2.24. The van der Waals surface area contributed by atoms with Crippen molar-refractivity contribution in [1.82, 2.24) is 0 Å². The fraction of sp³-hybridized carbons (Fsp3) is 1.00. The number of hydrogen-bond donors (Lipinski definition) is 1. The van der Waals surface area contributed by atoms with Crippen molar-refractivity contribution in [3.05, 3.63) is 0 Å². The summed E-state index contributed by atoms with van der Waals surface area (Å²) in [6.07, 6.45) is 1.86. The van der Waals surface area contributed by atoms with E-state index < -0.39 is 10.5 Å². The Morgan fingerprint density at radius 1 is 1.50 bits per heavy atom. The molecular formula is C4H11NS. The second-order valence-electron chi connectivity index (χ2n) is 1.67. The molecule has 0 fully saturated rings. The Hall–Kier alpha value is 0.0600. The summed E-state index contributed by atoms with van der Waals surface area (Å²) in [5, 5.41) is 0.472. The van der Waals surface area contributed by atoms with Crippen molar-refractivity contribution in [2.75, 3.05) is 6.26 Å². The van der Waals surface area contributed by atoms with Crippen LogP contribution < -0.4 is 0 Å². The van der Waals surface area contributed by atoms with Gasteiger partial charge in [0.15, 0.2) is 0 Å². The van der Waals surface area contributed by atoms with Crippen molar-refractivity contribution in [3.63, 3.8) is 0 Å². The number of rotatable bonds is 0. The van der Waals surface area contributed by atoms with E-state index in [-0.39, 0.29) is 0 Å². The van der Waals surface area contributed by atoms with Crippen LogP contribution in [0.2, 0.25) is 0 Å². The molecule has 0 aromatic carbocycles. The minimum atomic E-state index is -0.659. The van der Waals surface area contributed by atoms with Crippen molar-refractivity contribution in [3.8, 4) is 0 Å². The summed E-state index contributed by atoms with van der Waals surface area (Å²) in [6, 6.07) is 0. The van der Waals surface area contributed by atoms with Gasteiger partial charge < -0.3 is 0 Å². The molecule has 0 aliphatic carbocycles. The van der Waals surface area contributed by atoms with Gasteiger partial charge in [-0.15, -0.1) is 0 Å². The topological polar surface area (TPSA) is 23.8 Å². The first-order valence-corrected chi connectivity index (χ1v) is 3.87. The first kappa shape index (κ1) is 6.06. The van der Waals surface area contributed by atoms with Gasteiger partial charge in [-0.2, -0.15) is 0 Å². The number of hydrogen-bond acceptors (Lipinski definition) is 1. The lowest BCUT2D eigenvalue weighted by atomic mass is 10.6. The lowest BCUT2D eigenvalue weighted by molar-refractivity contribution is 1.11. The van der Waals surface area contributed by atoms with Crippen molar-refractivity contribution < 1.29 is 0 Å². The van der Waals surface area contributed by atoms with Crippen molar-refractivity contribution in [1.29, 1.82) is 4.61 Å². The summed E-state index contributed by atoms with van der Waals surface area (Å²) in [5.41, 5.74) is 0. The Morgan fingerprint density at radius 3 is 1.67 bits per heavy atom. The molecule has 0 saturated carbocycles. The monoisotopic (exact) mass is 105 g/mol. The molecule has 1 unspecified atom stereocenters. The molecule has 0 aliphatic rings. The van der Waals surface area contributed by atoms with Crippen molar-refractivity contribution in [2.45, 2.75) is 19.1 Å². The van der Waals surface area contributed by atoms with Crippen LogP contribution in [0.1, 0.15) is 13.8 Å². The molecule has 0 aromatic rings. The second kappa shape index (κ2) is 2.27. The molecule has 1 nitrogen and oxygen atoms in total. The maximum Gasteiger partial charge on any atom is 0.0107 e. The van der Waals surface area contributed by atoms with Crippen LogP contribution in [0, 0.1) is 4.61 Å². The highest BCUT2D eigenvalue weighted by Crippen LogP contribution is 2.07. The van der Waals surface area contributed by atoms with Crippen LogP contribution in [0.3, 0.4) is 0 Å². The largest absolute Gasteiger partial charge is 0.234 e. The molecular weight excluding hydrogens is 94.1 g/mol. The molecule has 0 spiro atoms. The van der Waals surface area contributed by atoms with Crippen molar-refractivity contribution in [2.24, 2.45) is 0 Å². The second-order valence-corrected chi connectivity index (χ2v) is 3.85. The van der Waals surface area contributed by atoms with E-state index >= 15 is 0 Å². The quantitative estimate of drug-likeness (QED) is 0.464. The lowest BCUT2D eigenvalue weighted by Gasteiger charge is -1.93. The van der Waals surface area contributed by atoms with E-state index in [4.69, 9.17) is 4.61 Å². The molecule has 0 amide bonds. The Balaban J connectivity index is 3.36. The highest BCUT2D eigenvalue weighted by Gasteiger charge is 1.86. The molecule has 0 radical (unpaired) electrons. The Morgan fingerprint density at radius 2 is 1.67 bits per heavy atom. The molecule has 0 aromatic heterocycles. The standard InChI is InChI=1S/C4H11NS/c1-4(2)6(3)5/h4,6H,1-3H3. The van der Waals surface area contributed by atoms with E-state index in [0.29, 0.717) is 5.25 Å². The SMILES string of the molecule is CC(C)[SH](C)#N. The molecule has 6 heavy (non-hydrogen) atoms. The van der Waals surface area contributed by atoms with E-state index in [1.54, 1.807) is 0 Å². The predicted molar refractivity (Wildman–Crippen MR) is 31.8 cm³/mol. The van der Waals surface area contributed by atoms with Gasteiger partial charge >= 0.3 is 0 Å². The Bertz CT molecular complexity index is 87.5.